The van der Waals surface area contributed by atoms with Crippen molar-refractivity contribution >= 4 is 27.1 Å². The Morgan fingerprint density at radius 2 is 2.03 bits per heavy atom. The molecule has 10 heteroatoms. The lowest BCUT2D eigenvalue weighted by Crippen LogP contribution is -2.33. The van der Waals surface area contributed by atoms with Crippen LogP contribution in [0.3, 0.4) is 0 Å². The lowest BCUT2D eigenvalue weighted by molar-refractivity contribution is 0.0734. The van der Waals surface area contributed by atoms with Crippen LogP contribution in [0.25, 0.3) is 0 Å². The molecule has 1 fully saturated rings. The van der Waals surface area contributed by atoms with E-state index in [9.17, 15) is 17.6 Å². The first kappa shape index (κ1) is 23.6. The molecule has 4 rings (SSSR count). The van der Waals surface area contributed by atoms with Gasteiger partial charge in [-0.15, -0.1) is 11.3 Å². The number of methoxy groups -OCH3 is 1. The Kier molecular flexibility index (Phi) is 7.26. The number of carbonyl (C=O) groups excluding carboxylic acids is 1. The van der Waals surface area contributed by atoms with Crippen molar-refractivity contribution < 1.29 is 22.3 Å². The zero-order valence-electron chi connectivity index (χ0n) is 18.3. The Bertz CT molecular complexity index is 1190. The van der Waals surface area contributed by atoms with Crippen LogP contribution in [-0.4, -0.2) is 49.0 Å². The third-order valence-corrected chi connectivity index (χ3v) is 7.97. The summed E-state index contributed by atoms with van der Waals surface area (Å²) >= 11 is 1.39. The number of rotatable bonds is 11. The summed E-state index contributed by atoms with van der Waals surface area (Å²) in [6, 6.07) is 9.02. The fourth-order valence-electron chi connectivity index (χ4n) is 3.64. The number of imidazole rings is 1. The van der Waals surface area contributed by atoms with Crippen molar-refractivity contribution in [2.24, 2.45) is 5.92 Å². The number of ether oxygens (including phenoxy) is 1. The largest absolute Gasteiger partial charge is 0.383 e. The topological polar surface area (TPSA) is 81.5 Å². The van der Waals surface area contributed by atoms with Gasteiger partial charge in [0.2, 0.25) is 15.0 Å². The second kappa shape index (κ2) is 10.1. The molecular weight excluding hydrogens is 465 g/mol. The Hall–Kier alpha value is -2.56. The minimum atomic E-state index is -3.80. The lowest BCUT2D eigenvalue weighted by atomic mass is 10.2. The van der Waals surface area contributed by atoms with Gasteiger partial charge in [-0.1, -0.05) is 18.2 Å². The van der Waals surface area contributed by atoms with Crippen molar-refractivity contribution in [2.75, 3.05) is 20.3 Å². The lowest BCUT2D eigenvalue weighted by Gasteiger charge is -2.23. The predicted octanol–water partition coefficient (Wildman–Crippen LogP) is 3.76. The first-order valence-corrected chi connectivity index (χ1v) is 13.2. The SMILES string of the molecule is COCCn1c(CN(CC2CC2)C(=O)c2cccs2)cnc1S(=O)(=O)Cc1ccc(F)cc1. The first-order chi connectivity index (χ1) is 15.9. The molecule has 1 saturated carbocycles. The van der Waals surface area contributed by atoms with Gasteiger partial charge in [0, 0.05) is 20.2 Å². The number of hydrogen-bond acceptors (Lipinski definition) is 6. The van der Waals surface area contributed by atoms with Crippen molar-refractivity contribution in [2.45, 2.75) is 36.8 Å². The highest BCUT2D eigenvalue weighted by molar-refractivity contribution is 7.90. The molecular formula is C23H26FN3O4S2. The molecule has 33 heavy (non-hydrogen) atoms. The van der Waals surface area contributed by atoms with E-state index in [0.717, 1.165) is 12.8 Å². The van der Waals surface area contributed by atoms with Crippen LogP contribution in [0.5, 0.6) is 0 Å². The summed E-state index contributed by atoms with van der Waals surface area (Å²) in [5.74, 6) is -0.305. The number of amides is 1. The normalized spacial score (nSPS) is 13.9. The zero-order chi connectivity index (χ0) is 23.4. The van der Waals surface area contributed by atoms with Crippen molar-refractivity contribution in [1.29, 1.82) is 0 Å². The molecule has 7 nitrogen and oxygen atoms in total. The third-order valence-electron chi connectivity index (χ3n) is 5.52. The van der Waals surface area contributed by atoms with Gasteiger partial charge in [-0.25, -0.2) is 17.8 Å². The smallest absolute Gasteiger partial charge is 0.264 e. The van der Waals surface area contributed by atoms with Crippen LogP contribution in [0.15, 0.2) is 53.1 Å². The van der Waals surface area contributed by atoms with Crippen molar-refractivity contribution in [3.63, 3.8) is 0 Å². The molecule has 0 saturated heterocycles. The van der Waals surface area contributed by atoms with Gasteiger partial charge in [0.15, 0.2) is 0 Å². The number of halogens is 1. The van der Waals surface area contributed by atoms with E-state index >= 15 is 0 Å². The molecule has 176 valence electrons. The van der Waals surface area contributed by atoms with E-state index in [1.807, 2.05) is 11.4 Å². The molecule has 0 radical (unpaired) electrons. The summed E-state index contributed by atoms with van der Waals surface area (Å²) in [4.78, 5) is 19.8. The minimum absolute atomic E-state index is 0.0629. The van der Waals surface area contributed by atoms with Crippen LogP contribution in [0, 0.1) is 11.7 Å². The zero-order valence-corrected chi connectivity index (χ0v) is 19.9. The average Bonchev–Trinajstić information content (AvgIpc) is 3.26. The highest BCUT2D eigenvalue weighted by atomic mass is 32.2. The number of aromatic nitrogens is 2. The maximum absolute atomic E-state index is 13.2. The van der Waals surface area contributed by atoms with Crippen LogP contribution in [-0.2, 0) is 33.4 Å². The van der Waals surface area contributed by atoms with E-state index in [2.05, 4.69) is 4.98 Å². The van der Waals surface area contributed by atoms with Gasteiger partial charge < -0.3 is 14.2 Å². The fraction of sp³-hybridized carbons (Fsp3) is 0.391. The van der Waals surface area contributed by atoms with Crippen LogP contribution < -0.4 is 0 Å². The van der Waals surface area contributed by atoms with Gasteiger partial charge >= 0.3 is 0 Å². The van der Waals surface area contributed by atoms with Crippen LogP contribution in [0.4, 0.5) is 4.39 Å². The highest BCUT2D eigenvalue weighted by Crippen LogP contribution is 2.31. The van der Waals surface area contributed by atoms with Crippen LogP contribution in [0.2, 0.25) is 0 Å². The van der Waals surface area contributed by atoms with E-state index in [1.165, 1.54) is 41.8 Å². The highest BCUT2D eigenvalue weighted by Gasteiger charge is 2.30. The number of benzene rings is 1. The van der Waals surface area contributed by atoms with E-state index in [4.69, 9.17) is 4.74 Å². The molecule has 1 aliphatic carbocycles. The number of carbonyl (C=O) groups is 1. The second-order valence-corrected chi connectivity index (χ2v) is 11.0. The maximum atomic E-state index is 13.2. The molecule has 1 aromatic carbocycles. The Labute approximate surface area is 196 Å². The van der Waals surface area contributed by atoms with Crippen molar-refractivity contribution in [3.05, 3.63) is 69.9 Å². The molecule has 0 spiro atoms. The minimum Gasteiger partial charge on any atom is -0.383 e. The van der Waals surface area contributed by atoms with Crippen molar-refractivity contribution in [1.82, 2.24) is 14.5 Å². The van der Waals surface area contributed by atoms with Gasteiger partial charge in [0.05, 0.1) is 35.7 Å². The Morgan fingerprint density at radius 1 is 1.27 bits per heavy atom. The molecule has 1 aliphatic rings. The quantitative estimate of drug-likeness (QED) is 0.408. The van der Waals surface area contributed by atoms with E-state index in [0.29, 0.717) is 35.2 Å². The number of thiophene rings is 1. The standard InChI is InChI=1S/C23H26FN3O4S2/c1-31-11-10-27-20(15-26(14-17-4-5-17)22(28)21-3-2-12-32-21)13-25-23(27)33(29,30)16-18-6-8-19(24)9-7-18/h2-3,6-9,12-13,17H,4-5,10-11,14-16H2,1H3. The summed E-state index contributed by atoms with van der Waals surface area (Å²) in [6.45, 7) is 1.47. The number of sulfone groups is 1. The van der Waals surface area contributed by atoms with E-state index in [1.54, 1.807) is 22.6 Å². The molecule has 0 bridgehead atoms. The average molecular weight is 492 g/mol. The summed E-state index contributed by atoms with van der Waals surface area (Å²) in [6.07, 6.45) is 3.71. The van der Waals surface area contributed by atoms with Gasteiger partial charge in [-0.3, -0.25) is 4.79 Å². The fourth-order valence-corrected chi connectivity index (χ4v) is 5.84. The number of hydrogen-bond donors (Lipinski definition) is 0. The molecule has 0 N–H and O–H groups in total. The molecule has 3 aromatic rings. The van der Waals surface area contributed by atoms with E-state index in [-0.39, 0.29) is 29.9 Å². The summed E-state index contributed by atoms with van der Waals surface area (Å²) in [5.41, 5.74) is 1.11. The molecule has 0 unspecified atom stereocenters. The Morgan fingerprint density at radius 3 is 2.67 bits per heavy atom. The van der Waals surface area contributed by atoms with Crippen molar-refractivity contribution in [3.8, 4) is 0 Å². The maximum Gasteiger partial charge on any atom is 0.264 e. The number of nitrogens with zero attached hydrogens (tertiary/aromatic N) is 3. The van der Waals surface area contributed by atoms with Gasteiger partial charge in [0.25, 0.3) is 5.91 Å². The molecule has 0 atom stereocenters. The monoisotopic (exact) mass is 491 g/mol. The molecule has 2 heterocycles. The molecule has 2 aromatic heterocycles. The first-order valence-electron chi connectivity index (χ1n) is 10.7. The summed E-state index contributed by atoms with van der Waals surface area (Å²) in [5, 5.41) is 1.79. The van der Waals surface area contributed by atoms with Gasteiger partial charge in [0.1, 0.15) is 5.82 Å². The van der Waals surface area contributed by atoms with Crippen LogP contribution in [0.1, 0.15) is 33.8 Å². The Balaban J connectivity index is 1.62. The summed E-state index contributed by atoms with van der Waals surface area (Å²) in [7, 11) is -2.26. The summed E-state index contributed by atoms with van der Waals surface area (Å²) < 4.78 is 46.4. The second-order valence-electron chi connectivity index (χ2n) is 8.17. The third kappa shape index (κ3) is 5.87. The van der Waals surface area contributed by atoms with E-state index < -0.39 is 15.7 Å². The van der Waals surface area contributed by atoms with Gasteiger partial charge in [-0.2, -0.15) is 0 Å². The predicted molar refractivity (Wildman–Crippen MR) is 123 cm³/mol. The molecule has 1 amide bonds. The van der Waals surface area contributed by atoms with Crippen LogP contribution >= 0.6 is 11.3 Å². The van der Waals surface area contributed by atoms with Gasteiger partial charge in [-0.05, 0) is 47.9 Å². The molecule has 0 aliphatic heterocycles.